The van der Waals surface area contributed by atoms with Gasteiger partial charge < -0.3 is 14.2 Å². The monoisotopic (exact) mass is 286 g/mol. The smallest absolute Gasteiger partial charge is 0.338 e. The van der Waals surface area contributed by atoms with Crippen molar-refractivity contribution in [2.24, 2.45) is 0 Å². The predicted octanol–water partition coefficient (Wildman–Crippen LogP) is 3.07. The molecule has 0 aliphatic heterocycles. The highest BCUT2D eigenvalue weighted by Gasteiger charge is 2.07. The molecule has 0 heterocycles. The number of esters is 1. The van der Waals surface area contributed by atoms with Crippen LogP contribution in [-0.2, 0) is 16.1 Å². The highest BCUT2D eigenvalue weighted by atomic mass is 16.6. The summed E-state index contributed by atoms with van der Waals surface area (Å²) in [7, 11) is 1.62. The lowest BCUT2D eigenvalue weighted by atomic mass is 10.1. The Kier molecular flexibility index (Phi) is 5.79. The average Bonchev–Trinajstić information content (AvgIpc) is 2.53. The predicted molar refractivity (Wildman–Crippen MR) is 79.4 cm³/mol. The van der Waals surface area contributed by atoms with Gasteiger partial charge in [-0.25, -0.2) is 4.79 Å². The molecule has 0 bridgehead atoms. The van der Waals surface area contributed by atoms with Crippen molar-refractivity contribution >= 4 is 5.97 Å². The normalized spacial score (nSPS) is 10.1. The molecule has 0 aliphatic carbocycles. The van der Waals surface area contributed by atoms with Gasteiger partial charge in [0.05, 0.1) is 12.2 Å². The largest absolute Gasteiger partial charge is 0.490 e. The number of ether oxygens (including phenoxy) is 3. The first kappa shape index (κ1) is 15.1. The van der Waals surface area contributed by atoms with E-state index < -0.39 is 0 Å². The summed E-state index contributed by atoms with van der Waals surface area (Å²) >= 11 is 0. The van der Waals surface area contributed by atoms with Gasteiger partial charge in [-0.05, 0) is 29.8 Å². The Morgan fingerprint density at radius 3 is 2.57 bits per heavy atom. The number of carbonyl (C=O) groups is 1. The minimum Gasteiger partial charge on any atom is -0.490 e. The van der Waals surface area contributed by atoms with E-state index >= 15 is 0 Å². The number of carbonyl (C=O) groups excluding carboxylic acids is 1. The van der Waals surface area contributed by atoms with Gasteiger partial charge in [-0.3, -0.25) is 0 Å². The number of hydrogen-bond donors (Lipinski definition) is 0. The third kappa shape index (κ3) is 4.93. The Hall–Kier alpha value is -2.33. The van der Waals surface area contributed by atoms with Gasteiger partial charge in [0.15, 0.2) is 0 Å². The molecule has 4 heteroatoms. The van der Waals surface area contributed by atoms with Crippen molar-refractivity contribution in [1.29, 1.82) is 0 Å². The highest BCUT2D eigenvalue weighted by molar-refractivity contribution is 5.89. The van der Waals surface area contributed by atoms with Crippen molar-refractivity contribution in [3.63, 3.8) is 0 Å². The molecule has 110 valence electrons. The van der Waals surface area contributed by atoms with Crippen LogP contribution in [0.4, 0.5) is 0 Å². The Balaban J connectivity index is 1.78. The minimum absolute atomic E-state index is 0.211. The summed E-state index contributed by atoms with van der Waals surface area (Å²) in [5.41, 5.74) is 1.46. The lowest BCUT2D eigenvalue weighted by Gasteiger charge is -2.08. The fourth-order valence-corrected chi connectivity index (χ4v) is 1.85. The molecule has 0 aromatic heterocycles. The van der Waals surface area contributed by atoms with Crippen molar-refractivity contribution in [3.8, 4) is 5.75 Å². The van der Waals surface area contributed by atoms with Gasteiger partial charge in [-0.2, -0.15) is 0 Å². The van der Waals surface area contributed by atoms with E-state index in [0.29, 0.717) is 18.8 Å². The molecule has 0 saturated heterocycles. The lowest BCUT2D eigenvalue weighted by Crippen LogP contribution is -2.12. The van der Waals surface area contributed by atoms with Gasteiger partial charge in [0, 0.05) is 7.11 Å². The number of para-hydroxylation sites is 1. The van der Waals surface area contributed by atoms with Crippen LogP contribution in [0.3, 0.4) is 0 Å². The van der Waals surface area contributed by atoms with Crippen LogP contribution in [0.2, 0.25) is 0 Å². The summed E-state index contributed by atoms with van der Waals surface area (Å²) in [6.45, 7) is 1.01. The summed E-state index contributed by atoms with van der Waals surface area (Å²) in [5, 5.41) is 0. The molecule has 0 spiro atoms. The molecule has 0 unspecified atom stereocenters. The van der Waals surface area contributed by atoms with Crippen LogP contribution in [0.1, 0.15) is 15.9 Å². The summed E-state index contributed by atoms with van der Waals surface area (Å²) in [6, 6.07) is 16.6. The first-order chi connectivity index (χ1) is 10.3. The molecule has 4 nitrogen and oxygen atoms in total. The van der Waals surface area contributed by atoms with Crippen molar-refractivity contribution in [3.05, 3.63) is 65.7 Å². The molecule has 2 rings (SSSR count). The Morgan fingerprint density at radius 2 is 1.81 bits per heavy atom. The molecule has 0 amide bonds. The van der Waals surface area contributed by atoms with Crippen LogP contribution < -0.4 is 4.74 Å². The van der Waals surface area contributed by atoms with E-state index in [1.807, 2.05) is 42.5 Å². The SMILES string of the molecule is COCc1cccc(C(=O)OCCOc2ccccc2)c1. The molecule has 21 heavy (non-hydrogen) atoms. The Bertz CT molecular complexity index is 566. The van der Waals surface area contributed by atoms with E-state index in [1.165, 1.54) is 0 Å². The van der Waals surface area contributed by atoms with E-state index in [2.05, 4.69) is 0 Å². The van der Waals surface area contributed by atoms with Crippen LogP contribution in [0.5, 0.6) is 5.75 Å². The Labute approximate surface area is 124 Å². The first-order valence-corrected chi connectivity index (χ1v) is 6.72. The average molecular weight is 286 g/mol. The molecule has 2 aromatic rings. The third-order valence-electron chi connectivity index (χ3n) is 2.80. The molecule has 0 saturated carbocycles. The van der Waals surface area contributed by atoms with Crippen molar-refractivity contribution < 1.29 is 19.0 Å². The third-order valence-corrected chi connectivity index (χ3v) is 2.80. The van der Waals surface area contributed by atoms with E-state index in [1.54, 1.807) is 19.2 Å². The van der Waals surface area contributed by atoms with Crippen molar-refractivity contribution in [1.82, 2.24) is 0 Å². The van der Waals surface area contributed by atoms with E-state index in [-0.39, 0.29) is 12.6 Å². The van der Waals surface area contributed by atoms with Crippen LogP contribution in [0.15, 0.2) is 54.6 Å². The first-order valence-electron chi connectivity index (χ1n) is 6.72. The maximum Gasteiger partial charge on any atom is 0.338 e. The van der Waals surface area contributed by atoms with Gasteiger partial charge in [-0.1, -0.05) is 30.3 Å². The zero-order chi connectivity index (χ0) is 14.9. The second kappa shape index (κ2) is 8.07. The molecular weight excluding hydrogens is 268 g/mol. The summed E-state index contributed by atoms with van der Waals surface area (Å²) in [6.07, 6.45) is 0. The lowest BCUT2D eigenvalue weighted by molar-refractivity contribution is 0.0450. The number of methoxy groups -OCH3 is 1. The fraction of sp³-hybridized carbons (Fsp3) is 0.235. The zero-order valence-electron chi connectivity index (χ0n) is 12.0. The van der Waals surface area contributed by atoms with Gasteiger partial charge in [0.2, 0.25) is 0 Å². The van der Waals surface area contributed by atoms with Gasteiger partial charge in [-0.15, -0.1) is 0 Å². The van der Waals surface area contributed by atoms with Crippen molar-refractivity contribution in [2.45, 2.75) is 6.61 Å². The maximum absolute atomic E-state index is 11.9. The fourth-order valence-electron chi connectivity index (χ4n) is 1.85. The Morgan fingerprint density at radius 1 is 1.00 bits per heavy atom. The van der Waals surface area contributed by atoms with Gasteiger partial charge >= 0.3 is 5.97 Å². The van der Waals surface area contributed by atoms with E-state index in [9.17, 15) is 4.79 Å². The maximum atomic E-state index is 11.9. The zero-order valence-corrected chi connectivity index (χ0v) is 12.0. The molecule has 0 aliphatic rings. The second-order valence-corrected chi connectivity index (χ2v) is 4.43. The van der Waals surface area contributed by atoms with Crippen molar-refractivity contribution in [2.75, 3.05) is 20.3 Å². The van der Waals surface area contributed by atoms with E-state index in [4.69, 9.17) is 14.2 Å². The molecule has 0 radical (unpaired) electrons. The number of rotatable bonds is 7. The van der Waals surface area contributed by atoms with Gasteiger partial charge in [0.25, 0.3) is 0 Å². The summed E-state index contributed by atoms with van der Waals surface area (Å²) in [4.78, 5) is 11.9. The molecule has 0 atom stereocenters. The van der Waals surface area contributed by atoms with Crippen LogP contribution in [0.25, 0.3) is 0 Å². The molecule has 0 N–H and O–H groups in total. The molecular formula is C17H18O4. The molecule has 2 aromatic carbocycles. The summed E-state index contributed by atoms with van der Waals surface area (Å²) in [5.74, 6) is 0.403. The van der Waals surface area contributed by atoms with Crippen LogP contribution in [0, 0.1) is 0 Å². The van der Waals surface area contributed by atoms with Crippen LogP contribution in [-0.4, -0.2) is 26.3 Å². The molecule has 0 fully saturated rings. The quantitative estimate of drug-likeness (QED) is 0.579. The number of hydrogen-bond acceptors (Lipinski definition) is 4. The minimum atomic E-state index is -0.357. The van der Waals surface area contributed by atoms with E-state index in [0.717, 1.165) is 11.3 Å². The topological polar surface area (TPSA) is 44.8 Å². The van der Waals surface area contributed by atoms with Crippen LogP contribution >= 0.6 is 0 Å². The summed E-state index contributed by atoms with van der Waals surface area (Å²) < 4.78 is 15.7. The highest BCUT2D eigenvalue weighted by Crippen LogP contribution is 2.09. The van der Waals surface area contributed by atoms with Gasteiger partial charge in [0.1, 0.15) is 19.0 Å². The standard InChI is InChI=1S/C17H18O4/c1-19-13-14-6-5-7-15(12-14)17(18)21-11-10-20-16-8-3-2-4-9-16/h2-9,12H,10-11,13H2,1H3. The number of benzene rings is 2. The second-order valence-electron chi connectivity index (χ2n) is 4.43.